The first kappa shape index (κ1) is 26.1. The van der Waals surface area contributed by atoms with Crippen LogP contribution in [0.3, 0.4) is 0 Å². The van der Waals surface area contributed by atoms with Gasteiger partial charge in [-0.2, -0.15) is 10.2 Å². The molecule has 9 nitrogen and oxygen atoms in total. The van der Waals surface area contributed by atoms with E-state index in [-0.39, 0.29) is 18.1 Å². The number of aryl methyl sites for hydroxylation is 1. The van der Waals surface area contributed by atoms with Crippen molar-refractivity contribution in [3.63, 3.8) is 0 Å². The van der Waals surface area contributed by atoms with Crippen molar-refractivity contribution in [3.8, 4) is 6.07 Å². The Balaban J connectivity index is 0.000000301. The van der Waals surface area contributed by atoms with E-state index >= 15 is 0 Å². The van der Waals surface area contributed by atoms with Gasteiger partial charge in [0.1, 0.15) is 5.65 Å². The molecule has 1 aliphatic rings. The van der Waals surface area contributed by atoms with E-state index in [1.165, 1.54) is 0 Å². The number of nitrogens with zero attached hydrogens (tertiary/aromatic N) is 5. The Bertz CT molecular complexity index is 1520. The number of halogens is 1. The van der Waals surface area contributed by atoms with Gasteiger partial charge in [0.25, 0.3) is 5.56 Å². The summed E-state index contributed by atoms with van der Waals surface area (Å²) in [6.45, 7) is 1.74. The van der Waals surface area contributed by atoms with E-state index in [1.54, 1.807) is 41.0 Å². The topological polar surface area (TPSA) is 130 Å². The van der Waals surface area contributed by atoms with Crippen LogP contribution in [-0.4, -0.2) is 44.3 Å². The maximum atomic E-state index is 13.5. The number of aromatic carboxylic acids is 1. The van der Waals surface area contributed by atoms with Crippen LogP contribution in [0.15, 0.2) is 70.1 Å². The summed E-state index contributed by atoms with van der Waals surface area (Å²) in [6.07, 6.45) is 3.77. The van der Waals surface area contributed by atoms with Gasteiger partial charge >= 0.3 is 5.97 Å². The Morgan fingerprint density at radius 3 is 2.57 bits per heavy atom. The molecule has 5 rings (SSSR count). The average molecular weight is 563 g/mol. The van der Waals surface area contributed by atoms with Crippen molar-refractivity contribution in [1.29, 1.82) is 5.26 Å². The number of fused-ring (bicyclic) bond motifs is 1. The summed E-state index contributed by atoms with van der Waals surface area (Å²) in [5, 5.41) is 18.4. The maximum absolute atomic E-state index is 13.5. The molecule has 3 heterocycles. The van der Waals surface area contributed by atoms with Crippen LogP contribution in [0.1, 0.15) is 34.3 Å². The van der Waals surface area contributed by atoms with Crippen LogP contribution in [0, 0.1) is 11.3 Å². The monoisotopic (exact) mass is 562 g/mol. The van der Waals surface area contributed by atoms with E-state index in [2.05, 4.69) is 26.9 Å². The molecule has 37 heavy (non-hydrogen) atoms. The second-order valence-corrected chi connectivity index (χ2v) is 9.73. The van der Waals surface area contributed by atoms with Gasteiger partial charge in [0.05, 0.1) is 33.6 Å². The number of carbonyl (C=O) groups is 1. The average Bonchev–Trinajstić information content (AvgIpc) is 3.19. The number of carboxylic acids is 1. The van der Waals surface area contributed by atoms with Gasteiger partial charge in [0, 0.05) is 32.4 Å². The van der Waals surface area contributed by atoms with Crippen molar-refractivity contribution >= 4 is 38.9 Å². The zero-order valence-electron chi connectivity index (χ0n) is 20.3. The number of benzene rings is 2. The smallest absolute Gasteiger partial charge is 0.335 e. The Morgan fingerprint density at radius 2 is 1.92 bits per heavy atom. The first-order valence-corrected chi connectivity index (χ1v) is 12.6. The van der Waals surface area contributed by atoms with Crippen LogP contribution in [0.25, 0.3) is 11.0 Å². The number of anilines is 1. The quantitative estimate of drug-likeness (QED) is 0.387. The molecule has 0 aliphatic carbocycles. The molecular formula is C27H27BrN6O3. The SMILES string of the molecule is Cn1cc(Br)c2c(=O)n(Cc3ccccc3C#N)c(N3CCC[C@@H](N)C3)nc21.O=C(O)c1ccccc1. The molecule has 0 amide bonds. The number of carboxylic acid groups (broad SMARTS) is 1. The van der Waals surface area contributed by atoms with Crippen LogP contribution in [0.5, 0.6) is 0 Å². The van der Waals surface area contributed by atoms with E-state index in [0.717, 1.165) is 24.9 Å². The molecule has 1 fully saturated rings. The zero-order chi connectivity index (χ0) is 26.5. The van der Waals surface area contributed by atoms with Crippen LogP contribution >= 0.6 is 15.9 Å². The minimum Gasteiger partial charge on any atom is -0.478 e. The highest BCUT2D eigenvalue weighted by atomic mass is 79.9. The largest absolute Gasteiger partial charge is 0.478 e. The highest BCUT2D eigenvalue weighted by Gasteiger charge is 2.24. The van der Waals surface area contributed by atoms with E-state index in [9.17, 15) is 14.9 Å². The zero-order valence-corrected chi connectivity index (χ0v) is 21.9. The van der Waals surface area contributed by atoms with Crippen LogP contribution < -0.4 is 16.2 Å². The minimum atomic E-state index is -0.879. The Hall–Kier alpha value is -3.94. The van der Waals surface area contributed by atoms with Gasteiger partial charge in [-0.1, -0.05) is 36.4 Å². The van der Waals surface area contributed by atoms with Gasteiger partial charge in [0.15, 0.2) is 0 Å². The molecule has 1 saturated heterocycles. The lowest BCUT2D eigenvalue weighted by Crippen LogP contribution is -2.45. The van der Waals surface area contributed by atoms with Crippen molar-refractivity contribution in [2.24, 2.45) is 12.8 Å². The Kier molecular flexibility index (Phi) is 8.06. The molecule has 1 atom stereocenters. The maximum Gasteiger partial charge on any atom is 0.335 e. The first-order chi connectivity index (χ1) is 17.8. The Morgan fingerprint density at radius 1 is 1.22 bits per heavy atom. The van der Waals surface area contributed by atoms with Gasteiger partial charge < -0.3 is 20.3 Å². The normalized spacial score (nSPS) is 15.1. The van der Waals surface area contributed by atoms with E-state index in [4.69, 9.17) is 15.8 Å². The number of hydrogen-bond acceptors (Lipinski definition) is 6. The van der Waals surface area contributed by atoms with Crippen LogP contribution in [0.2, 0.25) is 0 Å². The summed E-state index contributed by atoms with van der Waals surface area (Å²) < 4.78 is 4.23. The van der Waals surface area contributed by atoms with Crippen molar-refractivity contribution in [2.75, 3.05) is 18.0 Å². The second-order valence-electron chi connectivity index (χ2n) is 8.88. The second kappa shape index (κ2) is 11.4. The Labute approximate surface area is 222 Å². The molecule has 0 bridgehead atoms. The number of nitrogens with two attached hydrogens (primary N) is 1. The summed E-state index contributed by atoms with van der Waals surface area (Å²) in [4.78, 5) is 30.6. The summed E-state index contributed by atoms with van der Waals surface area (Å²) in [5.74, 6) is -0.273. The lowest BCUT2D eigenvalue weighted by molar-refractivity contribution is 0.0697. The first-order valence-electron chi connectivity index (χ1n) is 11.8. The number of hydrogen-bond donors (Lipinski definition) is 2. The predicted molar refractivity (Wildman–Crippen MR) is 146 cm³/mol. The molecule has 0 saturated carbocycles. The number of nitriles is 1. The molecule has 3 N–H and O–H groups in total. The van der Waals surface area contributed by atoms with Crippen LogP contribution in [0.4, 0.5) is 5.95 Å². The van der Waals surface area contributed by atoms with Gasteiger partial charge in [-0.25, -0.2) is 4.79 Å². The van der Waals surface area contributed by atoms with Gasteiger partial charge in [-0.15, -0.1) is 0 Å². The lowest BCUT2D eigenvalue weighted by atomic mass is 10.1. The highest BCUT2D eigenvalue weighted by Crippen LogP contribution is 2.26. The van der Waals surface area contributed by atoms with E-state index in [0.29, 0.717) is 39.1 Å². The third-order valence-corrected chi connectivity index (χ3v) is 6.84. The number of rotatable bonds is 4. The fraction of sp³-hybridized carbons (Fsp3) is 0.259. The number of aromatic nitrogens is 3. The van der Waals surface area contributed by atoms with Crippen molar-refractivity contribution in [2.45, 2.75) is 25.4 Å². The summed E-state index contributed by atoms with van der Waals surface area (Å²) in [5.41, 5.74) is 8.38. The van der Waals surface area contributed by atoms with Crippen molar-refractivity contribution in [1.82, 2.24) is 14.1 Å². The minimum absolute atomic E-state index is 0.0568. The third kappa shape index (κ3) is 5.74. The predicted octanol–water partition coefficient (Wildman–Crippen LogP) is 3.73. The standard InChI is InChI=1S/C20H21BrN6O.C7H6O2/c1-25-12-16(21)17-18(25)24-20(26-8-4-7-15(23)11-26)27(19(17)28)10-14-6-3-2-5-13(14)9-22;8-7(9)6-4-2-1-3-5-6/h2-3,5-6,12,15H,4,7-8,10-11,23H2,1H3;1-5H,(H,8,9)/t15-;/m1./s1. The molecule has 4 aromatic rings. The van der Waals surface area contributed by atoms with E-state index in [1.807, 2.05) is 36.0 Å². The van der Waals surface area contributed by atoms with Crippen LogP contribution in [-0.2, 0) is 13.6 Å². The summed E-state index contributed by atoms with van der Waals surface area (Å²) >= 11 is 3.49. The fourth-order valence-electron chi connectivity index (χ4n) is 4.39. The summed E-state index contributed by atoms with van der Waals surface area (Å²) in [7, 11) is 1.88. The van der Waals surface area contributed by atoms with Crippen molar-refractivity contribution < 1.29 is 9.90 Å². The molecule has 0 radical (unpaired) electrons. The third-order valence-electron chi connectivity index (χ3n) is 6.24. The molecule has 0 unspecified atom stereocenters. The van der Waals surface area contributed by atoms with Gasteiger partial charge in [-0.05, 0) is 52.5 Å². The van der Waals surface area contributed by atoms with E-state index < -0.39 is 5.97 Å². The molecule has 1 aliphatic heterocycles. The van der Waals surface area contributed by atoms with Crippen molar-refractivity contribution in [3.05, 3.63) is 92.3 Å². The van der Waals surface area contributed by atoms with Gasteiger partial charge in [-0.3, -0.25) is 9.36 Å². The molecular weight excluding hydrogens is 536 g/mol. The fourth-order valence-corrected chi connectivity index (χ4v) is 5.04. The highest BCUT2D eigenvalue weighted by molar-refractivity contribution is 9.10. The summed E-state index contributed by atoms with van der Waals surface area (Å²) in [6, 6.07) is 17.9. The molecule has 2 aromatic heterocycles. The molecule has 190 valence electrons. The molecule has 2 aromatic carbocycles. The molecule has 10 heteroatoms. The molecule has 0 spiro atoms. The lowest BCUT2D eigenvalue weighted by Gasteiger charge is -2.33. The van der Waals surface area contributed by atoms with Gasteiger partial charge in [0.2, 0.25) is 5.95 Å². The number of piperidine rings is 1.